The summed E-state index contributed by atoms with van der Waals surface area (Å²) in [6.45, 7) is 1.93. The van der Waals surface area contributed by atoms with Crippen LogP contribution in [0, 0.1) is 0 Å². The predicted octanol–water partition coefficient (Wildman–Crippen LogP) is 5.65. The van der Waals surface area contributed by atoms with E-state index in [1.54, 1.807) is 0 Å². The molecule has 1 amide bonds. The molecule has 0 N–H and O–H groups in total. The molecule has 0 radical (unpaired) electrons. The van der Waals surface area contributed by atoms with E-state index in [4.69, 9.17) is 0 Å². The fourth-order valence-electron chi connectivity index (χ4n) is 3.78. The molecule has 27 heavy (non-hydrogen) atoms. The fraction of sp³-hybridized carbons (Fsp3) is 0.240. The van der Waals surface area contributed by atoms with Crippen molar-refractivity contribution in [2.24, 2.45) is 0 Å². The van der Waals surface area contributed by atoms with Gasteiger partial charge in [0.05, 0.1) is 5.69 Å². The van der Waals surface area contributed by atoms with E-state index in [0.29, 0.717) is 6.42 Å². The molecule has 2 heteroatoms. The smallest absolute Gasteiger partial charge is 0.231 e. The van der Waals surface area contributed by atoms with Gasteiger partial charge in [-0.25, -0.2) is 0 Å². The van der Waals surface area contributed by atoms with Crippen molar-refractivity contribution >= 4 is 17.3 Å². The van der Waals surface area contributed by atoms with E-state index in [1.165, 1.54) is 22.3 Å². The molecular formula is C25H25NO. The number of amides is 1. The first kappa shape index (κ1) is 17.5. The van der Waals surface area contributed by atoms with Crippen LogP contribution in [0.1, 0.15) is 35.6 Å². The summed E-state index contributed by atoms with van der Waals surface area (Å²) < 4.78 is 0. The van der Waals surface area contributed by atoms with Gasteiger partial charge < -0.3 is 0 Å². The van der Waals surface area contributed by atoms with Crippen molar-refractivity contribution in [3.05, 3.63) is 95.1 Å². The van der Waals surface area contributed by atoms with Gasteiger partial charge in [-0.3, -0.25) is 9.69 Å². The molecule has 0 unspecified atom stereocenters. The van der Waals surface area contributed by atoms with Crippen molar-refractivity contribution < 1.29 is 4.79 Å². The molecule has 0 saturated carbocycles. The molecule has 0 aromatic heterocycles. The average Bonchev–Trinajstić information content (AvgIpc) is 2.71. The number of para-hydroxylation sites is 1. The van der Waals surface area contributed by atoms with Crippen molar-refractivity contribution in [1.29, 1.82) is 0 Å². The first-order chi connectivity index (χ1) is 13.2. The highest BCUT2D eigenvalue weighted by Crippen LogP contribution is 2.32. The maximum absolute atomic E-state index is 12.9. The van der Waals surface area contributed by atoms with Crippen molar-refractivity contribution in [3.63, 3.8) is 0 Å². The summed E-state index contributed by atoms with van der Waals surface area (Å²) in [6, 6.07) is 25.7. The summed E-state index contributed by atoms with van der Waals surface area (Å²) in [7, 11) is 0. The summed E-state index contributed by atoms with van der Waals surface area (Å²) in [5, 5.41) is 0. The lowest BCUT2D eigenvalue weighted by molar-refractivity contribution is -0.117. The minimum absolute atomic E-state index is 0.134. The van der Waals surface area contributed by atoms with E-state index < -0.39 is 0 Å². The van der Waals surface area contributed by atoms with Gasteiger partial charge in [-0.05, 0) is 66.1 Å². The van der Waals surface area contributed by atoms with Gasteiger partial charge in [0.15, 0.2) is 0 Å². The lowest BCUT2D eigenvalue weighted by atomic mass is 9.95. The number of carbonyl (C=O) groups excluding carboxylic acids is 1. The van der Waals surface area contributed by atoms with Gasteiger partial charge >= 0.3 is 0 Å². The number of hydrogen-bond donors (Lipinski definition) is 0. The number of rotatable bonds is 3. The highest BCUT2D eigenvalue weighted by molar-refractivity contribution is 6.01. The molecule has 4 bridgehead atoms. The third-order valence-electron chi connectivity index (χ3n) is 5.37. The number of carbonyl (C=O) groups is 1. The summed E-state index contributed by atoms with van der Waals surface area (Å²) >= 11 is 0. The lowest BCUT2D eigenvalue weighted by Gasteiger charge is -2.26. The van der Waals surface area contributed by atoms with Crippen LogP contribution in [-0.2, 0) is 30.5 Å². The number of benzene rings is 3. The second-order valence-electron chi connectivity index (χ2n) is 7.20. The van der Waals surface area contributed by atoms with Crippen molar-refractivity contribution in [2.45, 2.75) is 39.0 Å². The quantitative estimate of drug-likeness (QED) is 0.595. The van der Waals surface area contributed by atoms with Gasteiger partial charge in [-0.15, -0.1) is 0 Å². The third-order valence-corrected chi connectivity index (χ3v) is 5.37. The van der Waals surface area contributed by atoms with Gasteiger partial charge in [0, 0.05) is 12.1 Å². The Balaban J connectivity index is 1.80. The fourth-order valence-corrected chi connectivity index (χ4v) is 3.78. The highest BCUT2D eigenvalue weighted by atomic mass is 16.2. The summed E-state index contributed by atoms with van der Waals surface area (Å²) in [5.74, 6) is 0.134. The molecule has 0 spiro atoms. The third kappa shape index (κ3) is 3.80. The van der Waals surface area contributed by atoms with Crippen molar-refractivity contribution in [1.82, 2.24) is 0 Å². The first-order valence-corrected chi connectivity index (χ1v) is 9.82. The largest absolute Gasteiger partial charge is 0.281 e. The van der Waals surface area contributed by atoms with Crippen LogP contribution in [0.5, 0.6) is 0 Å². The van der Waals surface area contributed by atoms with Gasteiger partial charge in [0.1, 0.15) is 0 Å². The standard InChI is InChI=1S/C25H25NO/c1-2-25(27)26(23-6-4-3-5-7-23)24-18-21-13-12-19-8-10-20(11-9-19)14-16-22(24)17-15-21/h3-11,15,17-18H,2,12-14,16H2,1H3. The molecule has 4 aliphatic rings. The summed E-state index contributed by atoms with van der Waals surface area (Å²) in [4.78, 5) is 14.8. The van der Waals surface area contributed by atoms with Crippen LogP contribution in [0.2, 0.25) is 0 Å². The van der Waals surface area contributed by atoms with E-state index >= 15 is 0 Å². The molecule has 7 rings (SSSR count). The van der Waals surface area contributed by atoms with Crippen LogP contribution in [0.15, 0.2) is 72.8 Å². The monoisotopic (exact) mass is 355 g/mol. The minimum Gasteiger partial charge on any atom is -0.281 e. The molecule has 2 nitrogen and oxygen atoms in total. The lowest BCUT2D eigenvalue weighted by Crippen LogP contribution is -2.26. The maximum Gasteiger partial charge on any atom is 0.231 e. The van der Waals surface area contributed by atoms with E-state index in [1.807, 2.05) is 42.2 Å². The number of hydrogen-bond acceptors (Lipinski definition) is 1. The predicted molar refractivity (Wildman–Crippen MR) is 112 cm³/mol. The zero-order valence-electron chi connectivity index (χ0n) is 15.8. The molecule has 0 fully saturated rings. The molecule has 3 aromatic rings. The Morgan fingerprint density at radius 2 is 1.37 bits per heavy atom. The first-order valence-electron chi connectivity index (χ1n) is 9.82. The Morgan fingerprint density at radius 1 is 0.778 bits per heavy atom. The van der Waals surface area contributed by atoms with E-state index in [9.17, 15) is 4.79 Å². The van der Waals surface area contributed by atoms with Crippen molar-refractivity contribution in [3.8, 4) is 0 Å². The van der Waals surface area contributed by atoms with Gasteiger partial charge in [0.2, 0.25) is 5.91 Å². The Morgan fingerprint density at radius 3 is 2.04 bits per heavy atom. The van der Waals surface area contributed by atoms with Gasteiger partial charge in [-0.1, -0.05) is 61.5 Å². The molecule has 136 valence electrons. The van der Waals surface area contributed by atoms with E-state index in [-0.39, 0.29) is 5.91 Å². The Bertz CT molecular complexity index is 928. The second kappa shape index (κ2) is 7.79. The molecule has 3 aromatic carbocycles. The summed E-state index contributed by atoms with van der Waals surface area (Å²) in [5.41, 5.74) is 7.22. The Labute approximate surface area is 161 Å². The van der Waals surface area contributed by atoms with Crippen molar-refractivity contribution in [2.75, 3.05) is 4.90 Å². The minimum atomic E-state index is 0.134. The highest BCUT2D eigenvalue weighted by Gasteiger charge is 2.20. The van der Waals surface area contributed by atoms with Gasteiger partial charge in [0.25, 0.3) is 0 Å². The van der Waals surface area contributed by atoms with Crippen LogP contribution in [0.4, 0.5) is 11.4 Å². The number of nitrogens with zero attached hydrogens (tertiary/aromatic N) is 1. The zero-order valence-corrected chi connectivity index (χ0v) is 15.8. The zero-order chi connectivity index (χ0) is 18.6. The van der Waals surface area contributed by atoms with Crippen LogP contribution in [-0.4, -0.2) is 5.91 Å². The molecule has 0 atom stereocenters. The number of anilines is 2. The normalized spacial score (nSPS) is 13.1. The molecular weight excluding hydrogens is 330 g/mol. The Kier molecular flexibility index (Phi) is 5.06. The average molecular weight is 355 g/mol. The molecule has 0 saturated heterocycles. The maximum atomic E-state index is 12.9. The van der Waals surface area contributed by atoms with Crippen LogP contribution in [0.3, 0.4) is 0 Å². The SMILES string of the molecule is CCC(=O)N(c1ccccc1)c1cc2ccc1CCc1ccc(cc1)CC2. The molecule has 4 aliphatic carbocycles. The second-order valence-corrected chi connectivity index (χ2v) is 7.20. The topological polar surface area (TPSA) is 20.3 Å². The Hall–Kier alpha value is -2.87. The molecule has 0 aliphatic heterocycles. The van der Waals surface area contributed by atoms with Crippen LogP contribution >= 0.6 is 0 Å². The van der Waals surface area contributed by atoms with Crippen LogP contribution in [0.25, 0.3) is 0 Å². The molecule has 0 heterocycles. The van der Waals surface area contributed by atoms with E-state index in [2.05, 4.69) is 42.5 Å². The van der Waals surface area contributed by atoms with Gasteiger partial charge in [-0.2, -0.15) is 0 Å². The van der Waals surface area contributed by atoms with Crippen LogP contribution < -0.4 is 4.90 Å². The van der Waals surface area contributed by atoms with E-state index in [0.717, 1.165) is 37.1 Å². The summed E-state index contributed by atoms with van der Waals surface area (Å²) in [6.07, 6.45) is 4.39. The number of aryl methyl sites for hydroxylation is 4.